The molecule has 0 aromatic heterocycles. The molecule has 0 aliphatic carbocycles. The molecule has 0 aliphatic rings. The van der Waals surface area contributed by atoms with Crippen molar-refractivity contribution >= 4 is 44.2 Å². The fourth-order valence-electron chi connectivity index (χ4n) is 2.83. The van der Waals surface area contributed by atoms with Gasteiger partial charge in [0.15, 0.2) is 0 Å². The summed E-state index contributed by atoms with van der Waals surface area (Å²) in [5, 5.41) is 0. The molecule has 0 unspecified atom stereocenters. The lowest BCUT2D eigenvalue weighted by Gasteiger charge is -2.26. The van der Waals surface area contributed by atoms with Crippen molar-refractivity contribution in [2.45, 2.75) is 11.4 Å². The molecule has 0 aliphatic heterocycles. The van der Waals surface area contributed by atoms with Crippen LogP contribution in [0.4, 0.5) is 5.69 Å². The number of benzene rings is 3. The van der Waals surface area contributed by atoms with E-state index >= 15 is 0 Å². The number of likely N-dealkylation sites (N-methyl/N-ethyl adjacent to an activating group) is 1. The number of hydrogen-bond acceptors (Lipinski definition) is 3. The van der Waals surface area contributed by atoms with Gasteiger partial charge in [-0.05, 0) is 64.6 Å². The van der Waals surface area contributed by atoms with E-state index in [2.05, 4.69) is 22.6 Å². The number of hydrogen-bond donors (Lipinski definition) is 0. The molecule has 0 saturated heterocycles. The highest BCUT2D eigenvalue weighted by atomic mass is 127. The molecule has 0 spiro atoms. The Balaban J connectivity index is 1.89. The van der Waals surface area contributed by atoms with E-state index in [1.165, 1.54) is 21.3 Å². The molecule has 0 N–H and O–H groups in total. The van der Waals surface area contributed by atoms with Crippen LogP contribution >= 0.6 is 22.6 Å². The molecule has 0 atom stereocenters. The number of rotatable bonds is 7. The first kappa shape index (κ1) is 21.3. The third-order valence-electron chi connectivity index (χ3n) is 4.41. The zero-order chi connectivity index (χ0) is 20.9. The van der Waals surface area contributed by atoms with Crippen molar-refractivity contribution in [2.24, 2.45) is 0 Å². The van der Waals surface area contributed by atoms with Crippen LogP contribution in [0.5, 0.6) is 0 Å². The predicted octanol–water partition coefficient (Wildman–Crippen LogP) is 4.15. The first-order chi connectivity index (χ1) is 13.9. The summed E-state index contributed by atoms with van der Waals surface area (Å²) in [4.78, 5) is 14.6. The van der Waals surface area contributed by atoms with Gasteiger partial charge in [-0.25, -0.2) is 8.42 Å². The van der Waals surface area contributed by atoms with Crippen LogP contribution in [0.3, 0.4) is 0 Å². The van der Waals surface area contributed by atoms with E-state index in [-0.39, 0.29) is 17.3 Å². The standard InChI is InChI=1S/C22H21IN2O3S/c1-24(16-18-8-4-2-5-9-18)22(26)17-25(20-14-12-19(23)13-15-20)29(27,28)21-10-6-3-7-11-21/h2-15H,16-17H2,1H3. The Labute approximate surface area is 185 Å². The zero-order valence-electron chi connectivity index (χ0n) is 15.9. The highest BCUT2D eigenvalue weighted by molar-refractivity contribution is 14.1. The van der Waals surface area contributed by atoms with Crippen LogP contribution in [0.15, 0.2) is 89.8 Å². The number of halogens is 1. The number of carbonyl (C=O) groups excluding carboxylic acids is 1. The van der Waals surface area contributed by atoms with E-state index in [1.54, 1.807) is 37.4 Å². The lowest BCUT2D eigenvalue weighted by molar-refractivity contribution is -0.128. The summed E-state index contributed by atoms with van der Waals surface area (Å²) in [5.41, 5.74) is 1.44. The van der Waals surface area contributed by atoms with Gasteiger partial charge in [-0.1, -0.05) is 48.5 Å². The Morgan fingerprint density at radius 1 is 0.862 bits per heavy atom. The molecule has 3 rings (SSSR count). The maximum atomic E-state index is 13.3. The van der Waals surface area contributed by atoms with Gasteiger partial charge < -0.3 is 4.90 Å². The Hall–Kier alpha value is -2.39. The average Bonchev–Trinajstić information content (AvgIpc) is 2.74. The van der Waals surface area contributed by atoms with Gasteiger partial charge in [-0.15, -0.1) is 0 Å². The molecule has 0 fully saturated rings. The van der Waals surface area contributed by atoms with E-state index in [1.807, 2.05) is 42.5 Å². The molecule has 5 nitrogen and oxygen atoms in total. The summed E-state index contributed by atoms with van der Waals surface area (Å²) >= 11 is 2.16. The van der Waals surface area contributed by atoms with Crippen molar-refractivity contribution in [3.05, 3.63) is 94.1 Å². The molecule has 3 aromatic carbocycles. The fraction of sp³-hybridized carbons (Fsp3) is 0.136. The summed E-state index contributed by atoms with van der Waals surface area (Å²) in [5.74, 6) is -0.285. The van der Waals surface area contributed by atoms with E-state index in [0.29, 0.717) is 12.2 Å². The number of carbonyl (C=O) groups is 1. The van der Waals surface area contributed by atoms with E-state index < -0.39 is 10.0 Å². The van der Waals surface area contributed by atoms with Gasteiger partial charge in [-0.3, -0.25) is 9.10 Å². The molecule has 7 heteroatoms. The van der Waals surface area contributed by atoms with Gasteiger partial charge >= 0.3 is 0 Å². The SMILES string of the molecule is CN(Cc1ccccc1)C(=O)CN(c1ccc(I)cc1)S(=O)(=O)c1ccccc1. The molecule has 29 heavy (non-hydrogen) atoms. The Morgan fingerprint density at radius 2 is 1.41 bits per heavy atom. The maximum Gasteiger partial charge on any atom is 0.264 e. The van der Waals surface area contributed by atoms with Crippen molar-refractivity contribution in [1.82, 2.24) is 4.90 Å². The van der Waals surface area contributed by atoms with Crippen LogP contribution in [-0.2, 0) is 21.4 Å². The number of sulfonamides is 1. The minimum atomic E-state index is -3.89. The number of anilines is 1. The van der Waals surface area contributed by atoms with Crippen molar-refractivity contribution < 1.29 is 13.2 Å². The Kier molecular flexibility index (Phi) is 6.92. The summed E-state index contributed by atoms with van der Waals surface area (Å²) in [6.07, 6.45) is 0. The molecule has 0 radical (unpaired) electrons. The summed E-state index contributed by atoms with van der Waals surface area (Å²) in [6, 6.07) is 24.8. The lowest BCUT2D eigenvalue weighted by Crippen LogP contribution is -2.41. The van der Waals surface area contributed by atoms with Crippen molar-refractivity contribution in [3.8, 4) is 0 Å². The summed E-state index contributed by atoms with van der Waals surface area (Å²) in [7, 11) is -2.21. The Bertz CT molecular complexity index is 1060. The lowest BCUT2D eigenvalue weighted by atomic mass is 10.2. The zero-order valence-corrected chi connectivity index (χ0v) is 18.9. The van der Waals surface area contributed by atoms with Crippen molar-refractivity contribution in [3.63, 3.8) is 0 Å². The minimum absolute atomic E-state index is 0.150. The topological polar surface area (TPSA) is 57.7 Å². The first-order valence-electron chi connectivity index (χ1n) is 8.99. The van der Waals surface area contributed by atoms with Gasteiger partial charge in [0.05, 0.1) is 10.6 Å². The predicted molar refractivity (Wildman–Crippen MR) is 123 cm³/mol. The second-order valence-electron chi connectivity index (χ2n) is 6.54. The normalized spacial score (nSPS) is 11.1. The highest BCUT2D eigenvalue weighted by Crippen LogP contribution is 2.24. The summed E-state index contributed by atoms with van der Waals surface area (Å²) in [6.45, 7) is 0.132. The van der Waals surface area contributed by atoms with Crippen molar-refractivity contribution in [2.75, 3.05) is 17.9 Å². The van der Waals surface area contributed by atoms with Crippen LogP contribution in [0, 0.1) is 3.57 Å². The van der Waals surface area contributed by atoms with E-state index in [4.69, 9.17) is 0 Å². The van der Waals surface area contributed by atoms with Gasteiger partial charge in [-0.2, -0.15) is 0 Å². The third-order valence-corrected chi connectivity index (χ3v) is 6.92. The minimum Gasteiger partial charge on any atom is -0.340 e. The van der Waals surface area contributed by atoms with Crippen LogP contribution in [-0.4, -0.2) is 32.8 Å². The van der Waals surface area contributed by atoms with Gasteiger partial charge in [0.1, 0.15) is 6.54 Å². The van der Waals surface area contributed by atoms with Crippen LogP contribution < -0.4 is 4.31 Å². The maximum absolute atomic E-state index is 13.3. The van der Waals surface area contributed by atoms with Gasteiger partial charge in [0.25, 0.3) is 10.0 Å². The molecule has 3 aromatic rings. The molecule has 0 heterocycles. The second kappa shape index (κ2) is 9.41. The van der Waals surface area contributed by atoms with Crippen LogP contribution in [0.1, 0.15) is 5.56 Å². The van der Waals surface area contributed by atoms with Gasteiger partial charge in [0, 0.05) is 17.2 Å². The Morgan fingerprint density at radius 3 is 2.00 bits per heavy atom. The van der Waals surface area contributed by atoms with Crippen LogP contribution in [0.25, 0.3) is 0 Å². The molecular formula is C22H21IN2O3S. The molecule has 1 amide bonds. The largest absolute Gasteiger partial charge is 0.340 e. The number of amides is 1. The summed E-state index contributed by atoms with van der Waals surface area (Å²) < 4.78 is 28.7. The highest BCUT2D eigenvalue weighted by Gasteiger charge is 2.28. The van der Waals surface area contributed by atoms with Crippen LogP contribution in [0.2, 0.25) is 0 Å². The average molecular weight is 520 g/mol. The molecule has 0 saturated carbocycles. The monoisotopic (exact) mass is 520 g/mol. The smallest absolute Gasteiger partial charge is 0.264 e. The van der Waals surface area contributed by atoms with E-state index in [9.17, 15) is 13.2 Å². The van der Waals surface area contributed by atoms with Crippen molar-refractivity contribution in [1.29, 1.82) is 0 Å². The molecule has 0 bridgehead atoms. The number of nitrogens with zero attached hydrogens (tertiary/aromatic N) is 2. The quantitative estimate of drug-likeness (QED) is 0.440. The second-order valence-corrected chi connectivity index (χ2v) is 9.64. The molecule has 150 valence electrons. The van der Waals surface area contributed by atoms with Gasteiger partial charge in [0.2, 0.25) is 5.91 Å². The third kappa shape index (κ3) is 5.36. The first-order valence-corrected chi connectivity index (χ1v) is 11.5. The molecular weight excluding hydrogens is 499 g/mol. The van der Waals surface area contributed by atoms with E-state index in [0.717, 1.165) is 9.13 Å². The fourth-order valence-corrected chi connectivity index (χ4v) is 4.63.